The van der Waals surface area contributed by atoms with Crippen LogP contribution < -0.4 is 5.32 Å². The fourth-order valence-corrected chi connectivity index (χ4v) is 3.22. The van der Waals surface area contributed by atoms with Gasteiger partial charge in [0.05, 0.1) is 0 Å². The van der Waals surface area contributed by atoms with Gasteiger partial charge in [0, 0.05) is 32.7 Å². The Kier molecular flexibility index (Phi) is 5.86. The highest BCUT2D eigenvalue weighted by molar-refractivity contribution is 5.85. The fourth-order valence-electron chi connectivity index (χ4n) is 3.22. The van der Waals surface area contributed by atoms with Gasteiger partial charge < -0.3 is 15.3 Å². The van der Waals surface area contributed by atoms with Gasteiger partial charge in [-0.3, -0.25) is 9.69 Å². The lowest BCUT2D eigenvalue weighted by molar-refractivity contribution is -0.133. The summed E-state index contributed by atoms with van der Waals surface area (Å²) in [6, 6.07) is 19.0. The minimum atomic E-state index is -1.18. The van der Waals surface area contributed by atoms with E-state index in [4.69, 9.17) is 5.11 Å². The van der Waals surface area contributed by atoms with E-state index in [1.165, 1.54) is 0 Å². The lowest BCUT2D eigenvalue weighted by Gasteiger charge is -2.24. The van der Waals surface area contributed by atoms with Gasteiger partial charge in [0.2, 0.25) is 5.91 Å². The number of hydrogen-bond acceptors (Lipinski definition) is 3. The van der Waals surface area contributed by atoms with Crippen LogP contribution in [-0.2, 0) is 17.9 Å². The third kappa shape index (κ3) is 4.83. The summed E-state index contributed by atoms with van der Waals surface area (Å²) in [6.45, 7) is 2.80. The number of hydrogen-bond donors (Lipinski definition) is 2. The van der Waals surface area contributed by atoms with E-state index in [-0.39, 0.29) is 5.91 Å². The van der Waals surface area contributed by atoms with Crippen molar-refractivity contribution in [2.75, 3.05) is 19.6 Å². The highest BCUT2D eigenvalue weighted by Crippen LogP contribution is 2.13. The molecule has 2 aromatic rings. The Balaban J connectivity index is 1.74. The van der Waals surface area contributed by atoms with Crippen LogP contribution in [0.1, 0.15) is 11.1 Å². The van der Waals surface area contributed by atoms with Crippen molar-refractivity contribution < 1.29 is 14.7 Å². The molecule has 6 nitrogen and oxygen atoms in total. The van der Waals surface area contributed by atoms with E-state index in [2.05, 4.69) is 10.2 Å². The summed E-state index contributed by atoms with van der Waals surface area (Å²) in [5.41, 5.74) is 2.18. The first-order valence-electron chi connectivity index (χ1n) is 8.70. The summed E-state index contributed by atoms with van der Waals surface area (Å²) in [5.74, 6) is -0.174. The molecular formula is C20H23N3O3. The number of carboxylic acid groups (broad SMARTS) is 1. The maximum absolute atomic E-state index is 12.9. The monoisotopic (exact) mass is 353 g/mol. The molecule has 0 radical (unpaired) electrons. The van der Waals surface area contributed by atoms with E-state index >= 15 is 0 Å². The Labute approximate surface area is 153 Å². The van der Waals surface area contributed by atoms with Crippen molar-refractivity contribution in [2.45, 2.75) is 19.1 Å². The molecule has 0 bridgehead atoms. The van der Waals surface area contributed by atoms with Gasteiger partial charge in [-0.2, -0.15) is 0 Å². The Morgan fingerprint density at radius 3 is 2.12 bits per heavy atom. The summed E-state index contributed by atoms with van der Waals surface area (Å²) in [7, 11) is 0. The molecule has 0 unspecified atom stereocenters. The Morgan fingerprint density at radius 1 is 0.962 bits per heavy atom. The predicted octanol–water partition coefficient (Wildman–Crippen LogP) is 2.17. The van der Waals surface area contributed by atoms with Gasteiger partial charge in [-0.15, -0.1) is 0 Å². The van der Waals surface area contributed by atoms with Gasteiger partial charge in [-0.1, -0.05) is 60.7 Å². The molecule has 0 saturated carbocycles. The Hall–Kier alpha value is -2.86. The van der Waals surface area contributed by atoms with Crippen LogP contribution >= 0.6 is 0 Å². The lowest BCUT2D eigenvalue weighted by atomic mass is 10.2. The molecule has 2 amide bonds. The van der Waals surface area contributed by atoms with Crippen LogP contribution in [0.15, 0.2) is 60.7 Å². The average molecular weight is 353 g/mol. The molecule has 2 N–H and O–H groups in total. The summed E-state index contributed by atoms with van der Waals surface area (Å²) in [5, 5.41) is 11.5. The van der Waals surface area contributed by atoms with Crippen molar-refractivity contribution in [1.29, 1.82) is 0 Å². The smallest absolute Gasteiger partial charge is 0.405 e. The fraction of sp³-hybridized carbons (Fsp3) is 0.300. The van der Waals surface area contributed by atoms with Crippen molar-refractivity contribution in [3.05, 3.63) is 71.8 Å². The molecule has 0 aromatic heterocycles. The summed E-state index contributed by atoms with van der Waals surface area (Å²) in [4.78, 5) is 27.9. The molecule has 136 valence electrons. The Bertz CT molecular complexity index is 736. The maximum Gasteiger partial charge on any atom is 0.405 e. The number of amides is 2. The van der Waals surface area contributed by atoms with E-state index in [0.717, 1.165) is 11.1 Å². The molecule has 26 heavy (non-hydrogen) atoms. The number of carbonyl (C=O) groups is 2. The molecular weight excluding hydrogens is 330 g/mol. The molecule has 1 aliphatic heterocycles. The zero-order valence-corrected chi connectivity index (χ0v) is 14.5. The first kappa shape index (κ1) is 17.9. The summed E-state index contributed by atoms with van der Waals surface area (Å²) in [6.07, 6.45) is -1.18. The predicted molar refractivity (Wildman–Crippen MR) is 98.5 cm³/mol. The number of benzene rings is 2. The Morgan fingerprint density at radius 2 is 1.54 bits per heavy atom. The molecule has 1 atom stereocenters. The molecule has 2 aromatic carbocycles. The van der Waals surface area contributed by atoms with Gasteiger partial charge in [-0.25, -0.2) is 4.79 Å². The third-order valence-corrected chi connectivity index (χ3v) is 4.50. The van der Waals surface area contributed by atoms with Gasteiger partial charge in [0.1, 0.15) is 6.04 Å². The molecule has 1 fully saturated rings. The summed E-state index contributed by atoms with van der Waals surface area (Å²) < 4.78 is 0. The average Bonchev–Trinajstić information content (AvgIpc) is 2.77. The number of rotatable bonds is 5. The molecule has 3 rings (SSSR count). The normalized spacial score (nSPS) is 18.4. The van der Waals surface area contributed by atoms with Crippen LogP contribution in [-0.4, -0.2) is 52.6 Å². The van der Waals surface area contributed by atoms with Crippen LogP contribution in [0.3, 0.4) is 0 Å². The lowest BCUT2D eigenvalue weighted by Crippen LogP contribution is -2.50. The topological polar surface area (TPSA) is 72.9 Å². The second-order valence-corrected chi connectivity index (χ2v) is 6.47. The highest BCUT2D eigenvalue weighted by atomic mass is 16.4. The molecule has 0 aliphatic carbocycles. The maximum atomic E-state index is 12.9. The molecule has 1 saturated heterocycles. The van der Waals surface area contributed by atoms with Crippen molar-refractivity contribution in [3.8, 4) is 0 Å². The first-order chi connectivity index (χ1) is 12.6. The molecule has 0 spiro atoms. The van der Waals surface area contributed by atoms with E-state index in [0.29, 0.717) is 32.7 Å². The van der Waals surface area contributed by atoms with Gasteiger partial charge in [0.25, 0.3) is 0 Å². The van der Waals surface area contributed by atoms with Crippen molar-refractivity contribution in [2.24, 2.45) is 0 Å². The van der Waals surface area contributed by atoms with Gasteiger partial charge >= 0.3 is 6.09 Å². The SMILES string of the molecule is O=C(O)N[C@H]1CN(Cc2ccccc2)CCN(Cc2ccccc2)C1=O. The number of nitrogens with zero attached hydrogens (tertiary/aromatic N) is 2. The minimum absolute atomic E-state index is 0.174. The quantitative estimate of drug-likeness (QED) is 0.864. The van der Waals surface area contributed by atoms with E-state index in [9.17, 15) is 9.59 Å². The van der Waals surface area contributed by atoms with Crippen LogP contribution in [0.2, 0.25) is 0 Å². The molecule has 1 heterocycles. The third-order valence-electron chi connectivity index (χ3n) is 4.50. The van der Waals surface area contributed by atoms with Crippen molar-refractivity contribution in [1.82, 2.24) is 15.1 Å². The largest absolute Gasteiger partial charge is 0.465 e. The first-order valence-corrected chi connectivity index (χ1v) is 8.70. The molecule has 6 heteroatoms. The number of carbonyl (C=O) groups excluding carboxylic acids is 1. The zero-order valence-electron chi connectivity index (χ0n) is 14.5. The van der Waals surface area contributed by atoms with Crippen LogP contribution in [0.5, 0.6) is 0 Å². The highest BCUT2D eigenvalue weighted by Gasteiger charge is 2.31. The van der Waals surface area contributed by atoms with Crippen molar-refractivity contribution >= 4 is 12.0 Å². The summed E-state index contributed by atoms with van der Waals surface area (Å²) >= 11 is 0. The second-order valence-electron chi connectivity index (χ2n) is 6.47. The van der Waals surface area contributed by atoms with E-state index in [1.807, 2.05) is 60.7 Å². The molecule has 1 aliphatic rings. The van der Waals surface area contributed by atoms with E-state index < -0.39 is 12.1 Å². The van der Waals surface area contributed by atoms with Crippen molar-refractivity contribution in [3.63, 3.8) is 0 Å². The second kappa shape index (κ2) is 8.49. The standard InChI is InChI=1S/C20H23N3O3/c24-19-18(21-20(25)26)15-22(13-16-7-3-1-4-8-16)11-12-23(19)14-17-9-5-2-6-10-17/h1-10,18,21H,11-15H2,(H,25,26)/t18-/m0/s1. The van der Waals surface area contributed by atoms with Crippen LogP contribution in [0, 0.1) is 0 Å². The van der Waals surface area contributed by atoms with Crippen LogP contribution in [0.25, 0.3) is 0 Å². The van der Waals surface area contributed by atoms with Gasteiger partial charge in [0.15, 0.2) is 0 Å². The van der Waals surface area contributed by atoms with E-state index in [1.54, 1.807) is 4.90 Å². The van der Waals surface area contributed by atoms with Crippen LogP contribution in [0.4, 0.5) is 4.79 Å². The van der Waals surface area contributed by atoms with Gasteiger partial charge in [-0.05, 0) is 11.1 Å². The zero-order chi connectivity index (χ0) is 18.4. The minimum Gasteiger partial charge on any atom is -0.465 e. The number of nitrogens with one attached hydrogen (secondary N) is 1.